The van der Waals surface area contributed by atoms with E-state index in [1.807, 2.05) is 72.8 Å². The van der Waals surface area contributed by atoms with Crippen molar-refractivity contribution < 1.29 is 14.0 Å². The lowest BCUT2D eigenvalue weighted by atomic mass is 10.1. The highest BCUT2D eigenvalue weighted by molar-refractivity contribution is 6.03. The number of hydrogen-bond donors (Lipinski definition) is 1. The van der Waals surface area contributed by atoms with Crippen molar-refractivity contribution in [3.63, 3.8) is 0 Å². The molecule has 0 spiro atoms. The van der Waals surface area contributed by atoms with E-state index in [0.717, 1.165) is 16.8 Å². The van der Waals surface area contributed by atoms with Crippen molar-refractivity contribution in [2.75, 3.05) is 10.2 Å². The molecule has 0 bridgehead atoms. The van der Waals surface area contributed by atoms with Crippen molar-refractivity contribution in [3.8, 4) is 0 Å². The minimum absolute atomic E-state index is 0.123. The molecule has 35 heavy (non-hydrogen) atoms. The molecule has 4 aromatic carbocycles. The van der Waals surface area contributed by atoms with Crippen molar-refractivity contribution >= 4 is 29.3 Å². The Morgan fingerprint density at radius 3 is 2.14 bits per heavy atom. The minimum Gasteiger partial charge on any atom is -0.326 e. The largest absolute Gasteiger partial charge is 0.326 e. The van der Waals surface area contributed by atoms with Gasteiger partial charge in [-0.2, -0.15) is 0 Å². The monoisotopic (exact) mass is 464 g/mol. The third-order valence-electron chi connectivity index (χ3n) is 5.38. The van der Waals surface area contributed by atoms with Crippen LogP contribution in [0.3, 0.4) is 0 Å². The van der Waals surface area contributed by atoms with Crippen molar-refractivity contribution in [1.82, 2.24) is 0 Å². The predicted molar refractivity (Wildman–Crippen MR) is 138 cm³/mol. The number of carbonyl (C=O) groups is 2. The van der Waals surface area contributed by atoms with E-state index in [9.17, 15) is 14.0 Å². The lowest BCUT2D eigenvalue weighted by Gasteiger charge is -2.22. The average Bonchev–Trinajstić information content (AvgIpc) is 2.88. The van der Waals surface area contributed by atoms with E-state index in [1.165, 1.54) is 18.2 Å². The zero-order chi connectivity index (χ0) is 24.5. The SMILES string of the molecule is O=C(Cc1ccc(N(Cc2cccc(F)c2)C(=O)/C=C/c2ccccc2)cc1)Nc1ccccc1. The maximum Gasteiger partial charge on any atom is 0.251 e. The Hall–Kier alpha value is -4.51. The van der Waals surface area contributed by atoms with Crippen LogP contribution in [0.5, 0.6) is 0 Å². The third kappa shape index (κ3) is 6.98. The van der Waals surface area contributed by atoms with Gasteiger partial charge in [-0.05, 0) is 59.2 Å². The highest BCUT2D eigenvalue weighted by Crippen LogP contribution is 2.20. The maximum atomic E-state index is 13.8. The van der Waals surface area contributed by atoms with Crippen LogP contribution >= 0.6 is 0 Å². The van der Waals surface area contributed by atoms with Gasteiger partial charge in [0.25, 0.3) is 5.91 Å². The highest BCUT2D eigenvalue weighted by Gasteiger charge is 2.15. The fraction of sp³-hybridized carbons (Fsp3) is 0.0667. The van der Waals surface area contributed by atoms with E-state index >= 15 is 0 Å². The molecule has 5 heteroatoms. The Labute approximate surface area is 204 Å². The van der Waals surface area contributed by atoms with Gasteiger partial charge in [0.2, 0.25) is 5.91 Å². The lowest BCUT2D eigenvalue weighted by Crippen LogP contribution is -2.28. The van der Waals surface area contributed by atoms with Gasteiger partial charge in [-0.25, -0.2) is 4.39 Å². The third-order valence-corrected chi connectivity index (χ3v) is 5.38. The molecule has 0 saturated heterocycles. The first-order valence-electron chi connectivity index (χ1n) is 11.3. The molecule has 0 atom stereocenters. The molecule has 4 nitrogen and oxygen atoms in total. The van der Waals surface area contributed by atoms with Gasteiger partial charge in [-0.3, -0.25) is 9.59 Å². The summed E-state index contributed by atoms with van der Waals surface area (Å²) in [6.45, 7) is 0.212. The highest BCUT2D eigenvalue weighted by atomic mass is 19.1. The molecule has 0 saturated carbocycles. The molecule has 0 aliphatic rings. The topological polar surface area (TPSA) is 49.4 Å². The Bertz CT molecular complexity index is 1300. The number of para-hydroxylation sites is 1. The zero-order valence-electron chi connectivity index (χ0n) is 19.1. The standard InChI is InChI=1S/C30H25FN2O2/c31-26-11-7-10-25(20-26)22-33(30(35)19-16-23-8-3-1-4-9-23)28-17-14-24(15-18-28)21-29(34)32-27-12-5-2-6-13-27/h1-20H,21-22H2,(H,32,34)/b19-16+. The Balaban J connectivity index is 1.51. The van der Waals surface area contributed by atoms with E-state index in [4.69, 9.17) is 0 Å². The van der Waals surface area contributed by atoms with E-state index in [1.54, 1.807) is 35.2 Å². The summed E-state index contributed by atoms with van der Waals surface area (Å²) in [5.74, 6) is -0.704. The van der Waals surface area contributed by atoms with Gasteiger partial charge < -0.3 is 10.2 Å². The number of carbonyl (C=O) groups excluding carboxylic acids is 2. The van der Waals surface area contributed by atoms with Gasteiger partial charge in [-0.15, -0.1) is 0 Å². The summed E-state index contributed by atoms with van der Waals surface area (Å²) in [5.41, 5.74) is 3.81. The summed E-state index contributed by atoms with van der Waals surface area (Å²) in [6, 6.07) is 32.3. The van der Waals surface area contributed by atoms with Gasteiger partial charge in [-0.1, -0.05) is 72.8 Å². The van der Waals surface area contributed by atoms with Crippen LogP contribution in [0.15, 0.2) is 115 Å². The van der Waals surface area contributed by atoms with Crippen LogP contribution in [0.4, 0.5) is 15.8 Å². The second-order valence-corrected chi connectivity index (χ2v) is 8.06. The normalized spacial score (nSPS) is 10.8. The molecule has 0 aliphatic heterocycles. The summed E-state index contributed by atoms with van der Waals surface area (Å²) < 4.78 is 13.8. The smallest absolute Gasteiger partial charge is 0.251 e. The van der Waals surface area contributed by atoms with Crippen LogP contribution in [0.25, 0.3) is 6.08 Å². The number of hydrogen-bond acceptors (Lipinski definition) is 2. The van der Waals surface area contributed by atoms with Crippen LogP contribution in [-0.2, 0) is 22.6 Å². The first-order valence-corrected chi connectivity index (χ1v) is 11.3. The predicted octanol–water partition coefficient (Wildman–Crippen LogP) is 6.25. The number of halogens is 1. The second-order valence-electron chi connectivity index (χ2n) is 8.06. The van der Waals surface area contributed by atoms with Crippen LogP contribution in [0.2, 0.25) is 0 Å². The lowest BCUT2D eigenvalue weighted by molar-refractivity contribution is -0.116. The second kappa shape index (κ2) is 11.6. The summed E-state index contributed by atoms with van der Waals surface area (Å²) in [7, 11) is 0. The number of nitrogens with zero attached hydrogens (tertiary/aromatic N) is 1. The molecule has 0 heterocycles. The molecule has 4 rings (SSSR count). The van der Waals surface area contributed by atoms with Gasteiger partial charge in [0.15, 0.2) is 0 Å². The zero-order valence-corrected chi connectivity index (χ0v) is 19.1. The minimum atomic E-state index is -0.352. The molecule has 0 aliphatic carbocycles. The molecule has 174 valence electrons. The number of nitrogens with one attached hydrogen (secondary N) is 1. The average molecular weight is 465 g/mol. The van der Waals surface area contributed by atoms with Crippen molar-refractivity contribution in [1.29, 1.82) is 0 Å². The molecule has 0 radical (unpaired) electrons. The molecular formula is C30H25FN2O2. The quantitative estimate of drug-likeness (QED) is 0.313. The fourth-order valence-corrected chi connectivity index (χ4v) is 3.64. The molecule has 2 amide bonds. The van der Waals surface area contributed by atoms with Crippen molar-refractivity contribution in [3.05, 3.63) is 138 Å². The van der Waals surface area contributed by atoms with Crippen molar-refractivity contribution in [2.45, 2.75) is 13.0 Å². The van der Waals surface area contributed by atoms with E-state index in [0.29, 0.717) is 11.3 Å². The van der Waals surface area contributed by atoms with Crippen LogP contribution in [0.1, 0.15) is 16.7 Å². The maximum absolute atomic E-state index is 13.8. The van der Waals surface area contributed by atoms with E-state index < -0.39 is 0 Å². The number of anilines is 2. The summed E-state index contributed by atoms with van der Waals surface area (Å²) in [5, 5.41) is 2.87. The fourth-order valence-electron chi connectivity index (χ4n) is 3.64. The van der Waals surface area contributed by atoms with Crippen LogP contribution in [0, 0.1) is 5.82 Å². The summed E-state index contributed by atoms with van der Waals surface area (Å²) >= 11 is 0. The Morgan fingerprint density at radius 2 is 1.46 bits per heavy atom. The van der Waals surface area contributed by atoms with Gasteiger partial charge in [0.05, 0.1) is 13.0 Å². The van der Waals surface area contributed by atoms with Crippen LogP contribution in [-0.4, -0.2) is 11.8 Å². The summed E-state index contributed by atoms with van der Waals surface area (Å²) in [4.78, 5) is 27.1. The summed E-state index contributed by atoms with van der Waals surface area (Å²) in [6.07, 6.45) is 3.47. The first-order chi connectivity index (χ1) is 17.1. The first kappa shape index (κ1) is 23.6. The Kier molecular flexibility index (Phi) is 7.81. The van der Waals surface area contributed by atoms with Gasteiger partial charge in [0.1, 0.15) is 5.82 Å². The van der Waals surface area contributed by atoms with E-state index in [2.05, 4.69) is 5.32 Å². The molecule has 0 unspecified atom stereocenters. The number of benzene rings is 4. The van der Waals surface area contributed by atoms with Crippen LogP contribution < -0.4 is 10.2 Å². The number of amides is 2. The Morgan fingerprint density at radius 1 is 0.771 bits per heavy atom. The molecular weight excluding hydrogens is 439 g/mol. The molecule has 4 aromatic rings. The number of rotatable bonds is 8. The van der Waals surface area contributed by atoms with Gasteiger partial charge >= 0.3 is 0 Å². The van der Waals surface area contributed by atoms with E-state index in [-0.39, 0.29) is 30.6 Å². The molecule has 0 fully saturated rings. The van der Waals surface area contributed by atoms with Crippen molar-refractivity contribution in [2.24, 2.45) is 0 Å². The molecule has 0 aromatic heterocycles. The van der Waals surface area contributed by atoms with Gasteiger partial charge in [0, 0.05) is 17.5 Å². The molecule has 1 N–H and O–H groups in total.